The number of hydrogen-bond donors (Lipinski definition) is 0. The molecule has 164 valence electrons. The molecule has 4 heterocycles. The molecular formula is C20H24BrN7O3. The molecule has 2 atom stereocenters. The smallest absolute Gasteiger partial charge is 0.266 e. The van der Waals surface area contributed by atoms with Crippen LogP contribution in [-0.4, -0.2) is 57.9 Å². The highest BCUT2D eigenvalue weighted by atomic mass is 79.9. The maximum Gasteiger partial charge on any atom is 0.266 e. The third-order valence-corrected chi connectivity index (χ3v) is 5.88. The lowest BCUT2D eigenvalue weighted by Gasteiger charge is -2.39. The van der Waals surface area contributed by atoms with E-state index in [1.54, 1.807) is 31.9 Å². The standard InChI is InChI=1S/C20H24BrN7O3/c1-13-11-27(20-25-18(31-26-20)14(2)29-3)6-7-28(13)19-23-8-16(9-24-19)30-12-15-4-5-22-10-17(15)21/h4-5,8-10,13-14H,6-7,11-12H2,1-3H3/t13?,14-/m1/s1. The molecule has 4 rings (SSSR count). The van der Waals surface area contributed by atoms with E-state index in [0.29, 0.717) is 30.1 Å². The lowest BCUT2D eigenvalue weighted by molar-refractivity contribution is 0.0886. The molecular weight excluding hydrogens is 466 g/mol. The number of rotatable bonds is 7. The number of piperazine rings is 1. The van der Waals surface area contributed by atoms with E-state index in [1.165, 1.54) is 0 Å². The van der Waals surface area contributed by atoms with Gasteiger partial charge in [0.1, 0.15) is 12.7 Å². The van der Waals surface area contributed by atoms with E-state index in [0.717, 1.165) is 29.7 Å². The fourth-order valence-corrected chi connectivity index (χ4v) is 3.64. The second-order valence-electron chi connectivity index (χ2n) is 7.27. The summed E-state index contributed by atoms with van der Waals surface area (Å²) >= 11 is 3.47. The van der Waals surface area contributed by atoms with E-state index in [-0.39, 0.29) is 12.1 Å². The number of nitrogens with zero attached hydrogens (tertiary/aromatic N) is 7. The summed E-state index contributed by atoms with van der Waals surface area (Å²) in [6, 6.07) is 2.08. The average Bonchev–Trinajstić information content (AvgIpc) is 3.29. The van der Waals surface area contributed by atoms with Crippen molar-refractivity contribution in [3.8, 4) is 5.75 Å². The molecule has 0 aliphatic carbocycles. The molecule has 10 nitrogen and oxygen atoms in total. The predicted octanol–water partition coefficient (Wildman–Crippen LogP) is 3.02. The maximum absolute atomic E-state index is 5.80. The van der Waals surface area contributed by atoms with Crippen LogP contribution in [0.25, 0.3) is 0 Å². The molecule has 31 heavy (non-hydrogen) atoms. The van der Waals surface area contributed by atoms with Gasteiger partial charge in [-0.1, -0.05) is 0 Å². The molecule has 1 saturated heterocycles. The van der Waals surface area contributed by atoms with Crippen molar-refractivity contribution >= 4 is 27.8 Å². The average molecular weight is 490 g/mol. The van der Waals surface area contributed by atoms with Gasteiger partial charge in [0.2, 0.25) is 5.95 Å². The topological polar surface area (TPSA) is 103 Å². The number of pyridine rings is 1. The summed E-state index contributed by atoms with van der Waals surface area (Å²) in [5, 5.41) is 4.09. The van der Waals surface area contributed by atoms with Crippen molar-refractivity contribution in [1.82, 2.24) is 25.1 Å². The lowest BCUT2D eigenvalue weighted by Crippen LogP contribution is -2.53. The molecule has 1 fully saturated rings. The van der Waals surface area contributed by atoms with Crippen molar-refractivity contribution in [3.63, 3.8) is 0 Å². The van der Waals surface area contributed by atoms with Crippen LogP contribution in [0.5, 0.6) is 5.75 Å². The Kier molecular flexibility index (Phi) is 6.62. The molecule has 0 N–H and O–H groups in total. The SMILES string of the molecule is CO[C@H](C)c1nc(N2CCN(c3ncc(OCc4ccncc4Br)cn3)C(C)C2)no1. The number of anilines is 2. The van der Waals surface area contributed by atoms with Crippen LogP contribution in [0.3, 0.4) is 0 Å². The molecule has 1 aliphatic rings. The van der Waals surface area contributed by atoms with Crippen molar-refractivity contribution < 1.29 is 14.0 Å². The zero-order valence-electron chi connectivity index (χ0n) is 17.6. The fraction of sp³-hybridized carbons (Fsp3) is 0.450. The summed E-state index contributed by atoms with van der Waals surface area (Å²) in [4.78, 5) is 21.8. The van der Waals surface area contributed by atoms with Crippen molar-refractivity contribution in [2.24, 2.45) is 0 Å². The first-order valence-electron chi connectivity index (χ1n) is 9.96. The first kappa shape index (κ1) is 21.4. The highest BCUT2D eigenvalue weighted by Crippen LogP contribution is 2.23. The van der Waals surface area contributed by atoms with Gasteiger partial charge in [0.05, 0.1) is 12.4 Å². The van der Waals surface area contributed by atoms with Crippen LogP contribution in [0.1, 0.15) is 31.4 Å². The molecule has 3 aromatic rings. The minimum Gasteiger partial charge on any atom is -0.486 e. The molecule has 0 saturated carbocycles. The molecule has 0 amide bonds. The van der Waals surface area contributed by atoms with Crippen LogP contribution in [0.4, 0.5) is 11.9 Å². The predicted molar refractivity (Wildman–Crippen MR) is 117 cm³/mol. The maximum atomic E-state index is 5.80. The van der Waals surface area contributed by atoms with Gasteiger partial charge in [-0.05, 0) is 41.0 Å². The Morgan fingerprint density at radius 2 is 2.03 bits per heavy atom. The molecule has 3 aromatic heterocycles. The van der Waals surface area contributed by atoms with Crippen molar-refractivity contribution in [2.45, 2.75) is 32.6 Å². The number of methoxy groups -OCH3 is 1. The molecule has 1 aliphatic heterocycles. The second-order valence-corrected chi connectivity index (χ2v) is 8.13. The Morgan fingerprint density at radius 3 is 2.74 bits per heavy atom. The number of aromatic nitrogens is 5. The minimum atomic E-state index is -0.228. The van der Waals surface area contributed by atoms with Gasteiger partial charge in [0, 0.05) is 55.2 Å². The zero-order valence-corrected chi connectivity index (χ0v) is 19.2. The Morgan fingerprint density at radius 1 is 1.23 bits per heavy atom. The van der Waals surface area contributed by atoms with E-state index >= 15 is 0 Å². The molecule has 0 aromatic carbocycles. The van der Waals surface area contributed by atoms with Crippen LogP contribution in [0.15, 0.2) is 39.8 Å². The Labute approximate surface area is 188 Å². The van der Waals surface area contributed by atoms with Gasteiger partial charge in [-0.2, -0.15) is 4.98 Å². The first-order chi connectivity index (χ1) is 15.0. The molecule has 0 bridgehead atoms. The summed E-state index contributed by atoms with van der Waals surface area (Å²) in [5.74, 6) is 2.35. The van der Waals surface area contributed by atoms with Crippen LogP contribution < -0.4 is 14.5 Å². The zero-order chi connectivity index (χ0) is 21.8. The summed E-state index contributed by atoms with van der Waals surface area (Å²) in [6.45, 7) is 6.63. The molecule has 0 spiro atoms. The van der Waals surface area contributed by atoms with E-state index in [1.807, 2.05) is 13.0 Å². The van der Waals surface area contributed by atoms with E-state index < -0.39 is 0 Å². The monoisotopic (exact) mass is 489 g/mol. The van der Waals surface area contributed by atoms with Crippen LogP contribution in [0, 0.1) is 0 Å². The van der Waals surface area contributed by atoms with Gasteiger partial charge in [0.25, 0.3) is 11.8 Å². The van der Waals surface area contributed by atoms with Gasteiger partial charge in [-0.25, -0.2) is 9.97 Å². The second kappa shape index (κ2) is 9.56. The van der Waals surface area contributed by atoms with Crippen LogP contribution in [-0.2, 0) is 11.3 Å². The van der Waals surface area contributed by atoms with Gasteiger partial charge >= 0.3 is 0 Å². The first-order valence-corrected chi connectivity index (χ1v) is 10.8. The lowest BCUT2D eigenvalue weighted by atomic mass is 10.2. The van der Waals surface area contributed by atoms with Gasteiger partial charge in [-0.15, -0.1) is 0 Å². The largest absolute Gasteiger partial charge is 0.486 e. The molecule has 11 heteroatoms. The minimum absolute atomic E-state index is 0.176. The van der Waals surface area contributed by atoms with Crippen molar-refractivity contribution in [1.29, 1.82) is 0 Å². The third-order valence-electron chi connectivity index (χ3n) is 5.16. The normalized spacial score (nSPS) is 17.6. The van der Waals surface area contributed by atoms with E-state index in [4.69, 9.17) is 14.0 Å². The van der Waals surface area contributed by atoms with Crippen LogP contribution >= 0.6 is 15.9 Å². The van der Waals surface area contributed by atoms with Gasteiger partial charge < -0.3 is 23.8 Å². The molecule has 1 unspecified atom stereocenters. The number of hydrogen-bond acceptors (Lipinski definition) is 10. The number of halogens is 1. The summed E-state index contributed by atoms with van der Waals surface area (Å²) in [6.07, 6.45) is 6.65. The van der Waals surface area contributed by atoms with E-state index in [9.17, 15) is 0 Å². The number of ether oxygens (including phenoxy) is 2. The quantitative estimate of drug-likeness (QED) is 0.491. The van der Waals surface area contributed by atoms with Crippen LogP contribution in [0.2, 0.25) is 0 Å². The highest BCUT2D eigenvalue weighted by molar-refractivity contribution is 9.10. The summed E-state index contributed by atoms with van der Waals surface area (Å²) in [7, 11) is 1.61. The summed E-state index contributed by atoms with van der Waals surface area (Å²) in [5.41, 5.74) is 1.01. The van der Waals surface area contributed by atoms with Gasteiger partial charge in [-0.3, -0.25) is 4.98 Å². The Balaban J connectivity index is 1.35. The van der Waals surface area contributed by atoms with Crippen molar-refractivity contribution in [3.05, 3.63) is 46.8 Å². The van der Waals surface area contributed by atoms with Gasteiger partial charge in [0.15, 0.2) is 5.75 Å². The highest BCUT2D eigenvalue weighted by Gasteiger charge is 2.28. The fourth-order valence-electron chi connectivity index (χ4n) is 3.27. The molecule has 0 radical (unpaired) electrons. The van der Waals surface area contributed by atoms with E-state index in [2.05, 4.69) is 57.7 Å². The van der Waals surface area contributed by atoms with Crippen molar-refractivity contribution in [2.75, 3.05) is 36.5 Å². The summed E-state index contributed by atoms with van der Waals surface area (Å²) < 4.78 is 17.3. The Bertz CT molecular complexity index is 1000. The Hall–Kier alpha value is -2.79. The third kappa shape index (κ3) is 4.93.